The van der Waals surface area contributed by atoms with Crippen LogP contribution in [0.25, 0.3) is 0 Å². The molecule has 2 aliphatic rings. The molecule has 0 aromatic rings. The summed E-state index contributed by atoms with van der Waals surface area (Å²) in [6.45, 7) is 4.27. The number of hydrogen-bond acceptors (Lipinski definition) is 2. The van der Waals surface area contributed by atoms with E-state index in [0.717, 1.165) is 12.8 Å². The van der Waals surface area contributed by atoms with Crippen molar-refractivity contribution in [2.45, 2.75) is 64.6 Å². The minimum absolute atomic E-state index is 0.134. The predicted molar refractivity (Wildman–Crippen MR) is 65.0 cm³/mol. The minimum atomic E-state index is -0.289. The molecule has 0 spiro atoms. The third-order valence-electron chi connectivity index (χ3n) is 4.97. The molecule has 2 rings (SSSR count). The Labute approximate surface area is 99.1 Å². The van der Waals surface area contributed by atoms with Crippen LogP contribution in [-0.4, -0.2) is 22.4 Å². The normalized spacial score (nSPS) is 50.2. The molecule has 0 saturated heterocycles. The van der Waals surface area contributed by atoms with Crippen LogP contribution in [0.4, 0.5) is 0 Å². The van der Waals surface area contributed by atoms with Crippen LogP contribution in [0, 0.1) is 23.7 Å². The van der Waals surface area contributed by atoms with Crippen molar-refractivity contribution >= 4 is 0 Å². The molecule has 2 heteroatoms. The van der Waals surface area contributed by atoms with Gasteiger partial charge < -0.3 is 10.2 Å². The summed E-state index contributed by atoms with van der Waals surface area (Å²) in [4.78, 5) is 0. The van der Waals surface area contributed by atoms with Gasteiger partial charge in [-0.2, -0.15) is 0 Å². The molecule has 0 bridgehead atoms. The molecule has 0 amide bonds. The van der Waals surface area contributed by atoms with Crippen LogP contribution < -0.4 is 0 Å². The quantitative estimate of drug-likeness (QED) is 0.666. The van der Waals surface area contributed by atoms with Crippen molar-refractivity contribution < 1.29 is 10.2 Å². The van der Waals surface area contributed by atoms with Gasteiger partial charge in [-0.3, -0.25) is 0 Å². The summed E-state index contributed by atoms with van der Waals surface area (Å²) >= 11 is 0. The lowest BCUT2D eigenvalue weighted by atomic mass is 9.77. The van der Waals surface area contributed by atoms with Gasteiger partial charge in [-0.25, -0.2) is 0 Å². The first kappa shape index (κ1) is 12.4. The fraction of sp³-hybridized carbons (Fsp3) is 1.00. The van der Waals surface area contributed by atoms with Crippen molar-refractivity contribution in [2.24, 2.45) is 23.7 Å². The van der Waals surface area contributed by atoms with Crippen molar-refractivity contribution in [3.63, 3.8) is 0 Å². The Kier molecular flexibility index (Phi) is 3.91. The van der Waals surface area contributed by atoms with E-state index in [1.807, 2.05) is 0 Å². The molecule has 2 nitrogen and oxygen atoms in total. The second-order valence-corrected chi connectivity index (χ2v) is 6.13. The number of aliphatic hydroxyl groups is 2. The molecule has 2 fully saturated rings. The van der Waals surface area contributed by atoms with Crippen LogP contribution >= 0.6 is 0 Å². The van der Waals surface area contributed by atoms with Gasteiger partial charge in [-0.05, 0) is 43.4 Å². The van der Waals surface area contributed by atoms with E-state index < -0.39 is 0 Å². The summed E-state index contributed by atoms with van der Waals surface area (Å²) in [5.74, 6) is 1.40. The van der Waals surface area contributed by atoms with E-state index in [1.165, 1.54) is 25.7 Å². The standard InChI is InChI=1S/C14H26O2/c1-9-5-3-7-11-8-4-6-10(2)14(16)12(11)13(9)15/h9-16H,3-8H2,1-2H3/t9-,10+,11?,12?,13?,14?. The molecular weight excluding hydrogens is 200 g/mol. The van der Waals surface area contributed by atoms with E-state index in [2.05, 4.69) is 13.8 Å². The molecule has 2 N–H and O–H groups in total. The maximum atomic E-state index is 10.4. The van der Waals surface area contributed by atoms with E-state index >= 15 is 0 Å². The summed E-state index contributed by atoms with van der Waals surface area (Å²) in [5.41, 5.74) is 0. The first-order valence-electron chi connectivity index (χ1n) is 6.97. The van der Waals surface area contributed by atoms with Gasteiger partial charge in [0.25, 0.3) is 0 Å². The van der Waals surface area contributed by atoms with E-state index in [1.54, 1.807) is 0 Å². The molecule has 2 saturated carbocycles. The molecule has 0 heterocycles. The van der Waals surface area contributed by atoms with Gasteiger partial charge in [-0.15, -0.1) is 0 Å². The van der Waals surface area contributed by atoms with Crippen molar-refractivity contribution in [3.05, 3.63) is 0 Å². The fourth-order valence-corrected chi connectivity index (χ4v) is 3.79. The number of fused-ring (bicyclic) bond motifs is 1. The SMILES string of the molecule is C[C@@H]1CCCC2CCC[C@H](C)C(O)C2C1O. The maximum absolute atomic E-state index is 10.4. The predicted octanol–water partition coefficient (Wildman–Crippen LogP) is 2.58. The highest BCUT2D eigenvalue weighted by atomic mass is 16.3. The Morgan fingerprint density at radius 1 is 0.750 bits per heavy atom. The van der Waals surface area contributed by atoms with Crippen LogP contribution in [0.5, 0.6) is 0 Å². The van der Waals surface area contributed by atoms with Crippen molar-refractivity contribution in [1.29, 1.82) is 0 Å². The van der Waals surface area contributed by atoms with Gasteiger partial charge in [0.1, 0.15) is 0 Å². The van der Waals surface area contributed by atoms with Crippen molar-refractivity contribution in [3.8, 4) is 0 Å². The molecule has 0 aromatic heterocycles. The smallest absolute Gasteiger partial charge is 0.0621 e. The van der Waals surface area contributed by atoms with Gasteiger partial charge in [0.15, 0.2) is 0 Å². The zero-order valence-electron chi connectivity index (χ0n) is 10.6. The largest absolute Gasteiger partial charge is 0.392 e. The number of aliphatic hydroxyl groups excluding tert-OH is 2. The summed E-state index contributed by atoms with van der Waals surface area (Å²) in [7, 11) is 0. The highest BCUT2D eigenvalue weighted by Gasteiger charge is 2.41. The van der Waals surface area contributed by atoms with Crippen molar-refractivity contribution in [2.75, 3.05) is 0 Å². The fourth-order valence-electron chi connectivity index (χ4n) is 3.79. The average molecular weight is 226 g/mol. The average Bonchev–Trinajstić information content (AvgIpc) is 2.47. The van der Waals surface area contributed by atoms with E-state index in [0.29, 0.717) is 17.8 Å². The lowest BCUT2D eigenvalue weighted by Gasteiger charge is -2.34. The van der Waals surface area contributed by atoms with Crippen LogP contribution in [0.1, 0.15) is 52.4 Å². The Morgan fingerprint density at radius 3 is 1.62 bits per heavy atom. The van der Waals surface area contributed by atoms with Crippen LogP contribution in [0.3, 0.4) is 0 Å². The molecular formula is C14H26O2. The lowest BCUT2D eigenvalue weighted by Crippen LogP contribution is -2.41. The third kappa shape index (κ3) is 2.28. The highest BCUT2D eigenvalue weighted by molar-refractivity contribution is 4.91. The topological polar surface area (TPSA) is 40.5 Å². The summed E-state index contributed by atoms with van der Waals surface area (Å²) in [5, 5.41) is 20.8. The van der Waals surface area contributed by atoms with Gasteiger partial charge in [0.2, 0.25) is 0 Å². The molecule has 0 radical (unpaired) electrons. The molecule has 0 aromatic carbocycles. The Bertz CT molecular complexity index is 207. The summed E-state index contributed by atoms with van der Waals surface area (Å²) in [6.07, 6.45) is 6.52. The van der Waals surface area contributed by atoms with Crippen LogP contribution in [0.2, 0.25) is 0 Å². The van der Waals surface area contributed by atoms with Crippen molar-refractivity contribution in [1.82, 2.24) is 0 Å². The van der Waals surface area contributed by atoms with Gasteiger partial charge >= 0.3 is 0 Å². The minimum Gasteiger partial charge on any atom is -0.392 e. The Hall–Kier alpha value is -0.0800. The number of rotatable bonds is 0. The maximum Gasteiger partial charge on any atom is 0.0621 e. The molecule has 16 heavy (non-hydrogen) atoms. The third-order valence-corrected chi connectivity index (χ3v) is 4.97. The molecule has 6 atom stereocenters. The van der Waals surface area contributed by atoms with Gasteiger partial charge in [-0.1, -0.05) is 26.7 Å². The molecule has 4 unspecified atom stereocenters. The first-order valence-corrected chi connectivity index (χ1v) is 6.97. The lowest BCUT2D eigenvalue weighted by molar-refractivity contribution is -0.0508. The van der Waals surface area contributed by atoms with E-state index in [9.17, 15) is 10.2 Å². The van der Waals surface area contributed by atoms with Crippen LogP contribution in [0.15, 0.2) is 0 Å². The van der Waals surface area contributed by atoms with E-state index in [-0.39, 0.29) is 18.1 Å². The molecule has 0 aliphatic heterocycles. The monoisotopic (exact) mass is 226 g/mol. The molecule has 94 valence electrons. The summed E-state index contributed by atoms with van der Waals surface area (Å²) < 4.78 is 0. The van der Waals surface area contributed by atoms with Gasteiger partial charge in [0, 0.05) is 5.92 Å². The van der Waals surface area contributed by atoms with Crippen LogP contribution in [-0.2, 0) is 0 Å². The Balaban J connectivity index is 2.20. The number of hydrogen-bond donors (Lipinski definition) is 2. The second-order valence-electron chi connectivity index (χ2n) is 6.13. The Morgan fingerprint density at radius 2 is 1.19 bits per heavy atom. The van der Waals surface area contributed by atoms with Gasteiger partial charge in [0.05, 0.1) is 12.2 Å². The first-order chi connectivity index (χ1) is 7.61. The zero-order chi connectivity index (χ0) is 11.7. The summed E-state index contributed by atoms with van der Waals surface area (Å²) in [6, 6.07) is 0. The molecule has 2 aliphatic carbocycles. The highest BCUT2D eigenvalue weighted by Crippen LogP contribution is 2.42. The second kappa shape index (κ2) is 5.05. The van der Waals surface area contributed by atoms with E-state index in [4.69, 9.17) is 0 Å². The zero-order valence-corrected chi connectivity index (χ0v) is 10.6.